The highest BCUT2D eigenvalue weighted by atomic mass is 35.5. The molecule has 0 bridgehead atoms. The normalized spacial score (nSPS) is 12.9. The van der Waals surface area contributed by atoms with Gasteiger partial charge >= 0.3 is 12.4 Å². The molecule has 18 heavy (non-hydrogen) atoms. The fourth-order valence-corrected chi connectivity index (χ4v) is 1.08. The van der Waals surface area contributed by atoms with Crippen molar-refractivity contribution in [1.29, 1.82) is 0 Å². The van der Waals surface area contributed by atoms with E-state index in [2.05, 4.69) is 14.7 Å². The maximum Gasteiger partial charge on any atom is 0.434 e. The first kappa shape index (κ1) is 14.8. The van der Waals surface area contributed by atoms with Gasteiger partial charge in [0, 0.05) is 11.8 Å². The minimum Gasteiger partial charge on any atom is -0.454 e. The summed E-state index contributed by atoms with van der Waals surface area (Å²) in [5, 5.41) is -0.515. The average molecular weight is 295 g/mol. The minimum absolute atomic E-state index is 0.0992. The van der Waals surface area contributed by atoms with Crippen molar-refractivity contribution in [3.63, 3.8) is 0 Å². The van der Waals surface area contributed by atoms with Crippen LogP contribution in [-0.4, -0.2) is 28.4 Å². The second kappa shape index (κ2) is 4.79. The summed E-state index contributed by atoms with van der Waals surface area (Å²) in [7, 11) is 0. The number of alkyl halides is 6. The molecule has 0 aliphatic heterocycles. The summed E-state index contributed by atoms with van der Waals surface area (Å²) in [6, 6.07) is 0. The number of hydrogen-bond acceptors (Lipinski definition) is 3. The summed E-state index contributed by atoms with van der Waals surface area (Å²) >= 11 is 5.26. The van der Waals surface area contributed by atoms with E-state index >= 15 is 0 Å². The highest BCUT2D eigenvalue weighted by Crippen LogP contribution is 2.36. The summed E-state index contributed by atoms with van der Waals surface area (Å²) in [4.78, 5) is 6.55. The van der Waals surface area contributed by atoms with Crippen molar-refractivity contribution in [1.82, 2.24) is 9.97 Å². The molecule has 3 nitrogen and oxygen atoms in total. The Morgan fingerprint density at radius 1 is 1.17 bits per heavy atom. The molecule has 0 atom stereocenters. The van der Waals surface area contributed by atoms with Gasteiger partial charge in [-0.2, -0.15) is 31.3 Å². The molecule has 0 radical (unpaired) electrons. The standard InChI is InChI=1S/C8H5ClF6N2O/c1-3-2-16-6(9)17-4(3)18-5(7(10,11)12)8(13,14)15/h2,5H,1H3. The van der Waals surface area contributed by atoms with Crippen molar-refractivity contribution in [2.24, 2.45) is 0 Å². The first-order valence-electron chi connectivity index (χ1n) is 4.31. The molecule has 1 rings (SSSR count). The molecule has 0 fully saturated rings. The molecule has 1 heterocycles. The van der Waals surface area contributed by atoms with Gasteiger partial charge in [0.1, 0.15) is 0 Å². The van der Waals surface area contributed by atoms with E-state index in [0.29, 0.717) is 0 Å². The molecule has 0 aliphatic carbocycles. The fraction of sp³-hybridized carbons (Fsp3) is 0.500. The predicted molar refractivity (Wildman–Crippen MR) is 48.3 cm³/mol. The van der Waals surface area contributed by atoms with Crippen molar-refractivity contribution in [3.05, 3.63) is 17.0 Å². The molecule has 102 valence electrons. The van der Waals surface area contributed by atoms with Crippen LogP contribution in [0.5, 0.6) is 5.88 Å². The lowest BCUT2D eigenvalue weighted by Gasteiger charge is -2.23. The van der Waals surface area contributed by atoms with E-state index in [1.54, 1.807) is 0 Å². The highest BCUT2D eigenvalue weighted by molar-refractivity contribution is 6.28. The van der Waals surface area contributed by atoms with Crippen molar-refractivity contribution in [3.8, 4) is 5.88 Å². The molecule has 1 aromatic rings. The number of hydrogen-bond donors (Lipinski definition) is 0. The lowest BCUT2D eigenvalue weighted by molar-refractivity contribution is -0.300. The number of ether oxygens (including phenoxy) is 1. The number of halogens is 7. The Balaban J connectivity index is 3.08. The van der Waals surface area contributed by atoms with Crippen LogP contribution < -0.4 is 4.74 Å². The van der Waals surface area contributed by atoms with Crippen LogP contribution in [0.4, 0.5) is 26.3 Å². The maximum atomic E-state index is 12.2. The van der Waals surface area contributed by atoms with Gasteiger partial charge in [0.25, 0.3) is 6.10 Å². The Morgan fingerprint density at radius 2 is 1.67 bits per heavy atom. The van der Waals surface area contributed by atoms with Crippen molar-refractivity contribution in [2.45, 2.75) is 25.4 Å². The van der Waals surface area contributed by atoms with Crippen LogP contribution in [0.3, 0.4) is 0 Å². The van der Waals surface area contributed by atoms with Gasteiger partial charge in [0.2, 0.25) is 11.2 Å². The third-order valence-corrected chi connectivity index (χ3v) is 1.90. The minimum atomic E-state index is -5.61. The second-order valence-corrected chi connectivity index (χ2v) is 3.55. The largest absolute Gasteiger partial charge is 0.454 e. The van der Waals surface area contributed by atoms with Crippen LogP contribution in [0.1, 0.15) is 5.56 Å². The molecular weight excluding hydrogens is 290 g/mol. The van der Waals surface area contributed by atoms with Crippen molar-refractivity contribution < 1.29 is 31.1 Å². The summed E-state index contributed by atoms with van der Waals surface area (Å²) in [6.45, 7) is 1.19. The average Bonchev–Trinajstić information content (AvgIpc) is 2.15. The van der Waals surface area contributed by atoms with Crippen LogP contribution in [-0.2, 0) is 0 Å². The zero-order valence-corrected chi connectivity index (χ0v) is 9.36. The molecule has 0 N–H and O–H groups in total. The Morgan fingerprint density at radius 3 is 2.11 bits per heavy atom. The van der Waals surface area contributed by atoms with E-state index in [9.17, 15) is 26.3 Å². The zero-order valence-electron chi connectivity index (χ0n) is 8.60. The van der Waals surface area contributed by atoms with Gasteiger partial charge in [-0.05, 0) is 18.5 Å². The predicted octanol–water partition coefficient (Wildman–Crippen LogP) is 3.31. The van der Waals surface area contributed by atoms with Crippen LogP contribution in [0.15, 0.2) is 6.20 Å². The summed E-state index contributed by atoms with van der Waals surface area (Å²) in [5.41, 5.74) is -0.0992. The lowest BCUT2D eigenvalue weighted by atomic mass is 10.3. The smallest absolute Gasteiger partial charge is 0.434 e. The third kappa shape index (κ3) is 3.62. The summed E-state index contributed by atoms with van der Waals surface area (Å²) < 4.78 is 77.1. The van der Waals surface area contributed by atoms with Crippen LogP contribution in [0, 0.1) is 6.92 Å². The summed E-state index contributed by atoms with van der Waals surface area (Å²) in [6.07, 6.45) is -14.2. The quantitative estimate of drug-likeness (QED) is 0.620. The monoisotopic (exact) mass is 294 g/mol. The first-order valence-corrected chi connectivity index (χ1v) is 4.69. The Hall–Kier alpha value is -1.25. The van der Waals surface area contributed by atoms with Crippen LogP contribution in [0.25, 0.3) is 0 Å². The van der Waals surface area contributed by atoms with Gasteiger partial charge in [-0.15, -0.1) is 0 Å². The van der Waals surface area contributed by atoms with Crippen molar-refractivity contribution >= 4 is 11.6 Å². The second-order valence-electron chi connectivity index (χ2n) is 3.21. The molecule has 0 aromatic carbocycles. The Labute approximate surface area is 102 Å². The highest BCUT2D eigenvalue weighted by Gasteiger charge is 2.59. The number of aryl methyl sites for hydroxylation is 1. The lowest BCUT2D eigenvalue weighted by Crippen LogP contribution is -2.46. The molecule has 1 aromatic heterocycles. The van der Waals surface area contributed by atoms with Crippen molar-refractivity contribution in [2.75, 3.05) is 0 Å². The third-order valence-electron chi connectivity index (χ3n) is 1.72. The van der Waals surface area contributed by atoms with Crippen LogP contribution >= 0.6 is 11.6 Å². The topological polar surface area (TPSA) is 35.0 Å². The maximum absolute atomic E-state index is 12.2. The first-order chi connectivity index (χ1) is 8.01. The number of rotatable bonds is 2. The Kier molecular flexibility index (Phi) is 3.94. The van der Waals surface area contributed by atoms with E-state index < -0.39 is 29.6 Å². The molecule has 0 saturated carbocycles. The molecular formula is C8H5ClF6N2O. The fourth-order valence-electron chi connectivity index (χ4n) is 0.956. The zero-order chi connectivity index (χ0) is 14.1. The van der Waals surface area contributed by atoms with E-state index in [0.717, 1.165) is 6.20 Å². The number of nitrogens with zero attached hydrogens (tertiary/aromatic N) is 2. The van der Waals surface area contributed by atoms with E-state index in [1.807, 2.05) is 0 Å². The van der Waals surface area contributed by atoms with Gasteiger partial charge in [-0.3, -0.25) is 0 Å². The molecule has 0 aliphatic rings. The summed E-state index contributed by atoms with van der Waals surface area (Å²) in [5.74, 6) is -0.866. The van der Waals surface area contributed by atoms with E-state index in [1.165, 1.54) is 6.92 Å². The number of aromatic nitrogens is 2. The molecule has 0 unspecified atom stereocenters. The van der Waals surface area contributed by atoms with Gasteiger partial charge < -0.3 is 4.74 Å². The van der Waals surface area contributed by atoms with Gasteiger partial charge in [-0.25, -0.2) is 4.98 Å². The SMILES string of the molecule is Cc1cnc(Cl)nc1OC(C(F)(F)F)C(F)(F)F. The molecule has 0 saturated heterocycles. The van der Waals surface area contributed by atoms with E-state index in [4.69, 9.17) is 11.6 Å². The molecule has 0 spiro atoms. The van der Waals surface area contributed by atoms with Gasteiger partial charge in [0.15, 0.2) is 0 Å². The molecule has 0 amide bonds. The van der Waals surface area contributed by atoms with Gasteiger partial charge in [-0.1, -0.05) is 0 Å². The molecule has 10 heteroatoms. The van der Waals surface area contributed by atoms with Crippen LogP contribution in [0.2, 0.25) is 5.28 Å². The van der Waals surface area contributed by atoms with E-state index in [-0.39, 0.29) is 5.56 Å². The van der Waals surface area contributed by atoms with Gasteiger partial charge in [0.05, 0.1) is 0 Å². The Bertz CT molecular complexity index is 419.